The van der Waals surface area contributed by atoms with Gasteiger partial charge in [0.25, 0.3) is 0 Å². The summed E-state index contributed by atoms with van der Waals surface area (Å²) in [5, 5.41) is 3.47. The third-order valence-corrected chi connectivity index (χ3v) is 3.71. The lowest BCUT2D eigenvalue weighted by Gasteiger charge is -2.22. The number of benzene rings is 1. The van der Waals surface area contributed by atoms with Crippen molar-refractivity contribution in [1.29, 1.82) is 0 Å². The Balaban J connectivity index is 1.87. The van der Waals surface area contributed by atoms with Crippen molar-refractivity contribution in [3.63, 3.8) is 0 Å². The smallest absolute Gasteiger partial charge is 0.133 e. The number of nitrogens with one attached hydrogen (secondary N) is 1. The van der Waals surface area contributed by atoms with E-state index in [-0.39, 0.29) is 0 Å². The zero-order valence-electron chi connectivity index (χ0n) is 10.0. The molecule has 2 rings (SSSR count). The molecule has 3 nitrogen and oxygen atoms in total. The molecule has 1 aromatic rings. The molecular formula is C13H18BrNO2. The molecule has 0 saturated carbocycles. The van der Waals surface area contributed by atoms with Crippen LogP contribution in [0, 0.1) is 5.92 Å². The molecule has 1 aromatic carbocycles. The van der Waals surface area contributed by atoms with Gasteiger partial charge in [0.15, 0.2) is 0 Å². The number of methoxy groups -OCH3 is 1. The number of anilines is 1. The highest BCUT2D eigenvalue weighted by Gasteiger charge is 2.13. The molecule has 1 aliphatic heterocycles. The first kappa shape index (κ1) is 12.7. The summed E-state index contributed by atoms with van der Waals surface area (Å²) < 4.78 is 11.5. The van der Waals surface area contributed by atoms with Gasteiger partial charge >= 0.3 is 0 Å². The molecule has 1 fully saturated rings. The van der Waals surface area contributed by atoms with E-state index in [1.54, 1.807) is 7.11 Å². The van der Waals surface area contributed by atoms with Crippen molar-refractivity contribution in [2.45, 2.75) is 12.8 Å². The van der Waals surface area contributed by atoms with Crippen LogP contribution in [-0.4, -0.2) is 26.9 Å². The van der Waals surface area contributed by atoms with E-state index >= 15 is 0 Å². The highest BCUT2D eigenvalue weighted by atomic mass is 79.9. The number of rotatable bonds is 4. The van der Waals surface area contributed by atoms with E-state index in [4.69, 9.17) is 9.47 Å². The third kappa shape index (κ3) is 3.61. The summed E-state index contributed by atoms with van der Waals surface area (Å²) in [6, 6.07) is 6.07. The van der Waals surface area contributed by atoms with Crippen LogP contribution < -0.4 is 10.1 Å². The molecule has 0 unspecified atom stereocenters. The van der Waals surface area contributed by atoms with Crippen LogP contribution in [-0.2, 0) is 4.74 Å². The predicted molar refractivity (Wildman–Crippen MR) is 72.7 cm³/mol. The summed E-state index contributed by atoms with van der Waals surface area (Å²) in [6.45, 7) is 2.82. The predicted octanol–water partition coefficient (Wildman–Crippen LogP) is 3.30. The van der Waals surface area contributed by atoms with Gasteiger partial charge in [-0.15, -0.1) is 0 Å². The first-order valence-electron chi connectivity index (χ1n) is 5.95. The van der Waals surface area contributed by atoms with E-state index in [1.807, 2.05) is 12.1 Å². The minimum absolute atomic E-state index is 0.727. The molecule has 0 aromatic heterocycles. The monoisotopic (exact) mass is 299 g/mol. The fraction of sp³-hybridized carbons (Fsp3) is 0.538. The van der Waals surface area contributed by atoms with Crippen molar-refractivity contribution in [2.75, 3.05) is 32.2 Å². The lowest BCUT2D eigenvalue weighted by atomic mass is 10.0. The first-order valence-corrected chi connectivity index (χ1v) is 6.74. The molecular weight excluding hydrogens is 282 g/mol. The van der Waals surface area contributed by atoms with E-state index in [2.05, 4.69) is 27.3 Å². The molecule has 0 aliphatic carbocycles. The van der Waals surface area contributed by atoms with Crippen molar-refractivity contribution < 1.29 is 9.47 Å². The van der Waals surface area contributed by atoms with Crippen LogP contribution in [0.1, 0.15) is 12.8 Å². The molecule has 0 amide bonds. The van der Waals surface area contributed by atoms with Crippen molar-refractivity contribution in [3.8, 4) is 5.75 Å². The summed E-state index contributed by atoms with van der Waals surface area (Å²) in [7, 11) is 1.68. The molecule has 0 spiro atoms. The zero-order valence-corrected chi connectivity index (χ0v) is 11.6. The van der Waals surface area contributed by atoms with Crippen molar-refractivity contribution in [1.82, 2.24) is 0 Å². The highest BCUT2D eigenvalue weighted by molar-refractivity contribution is 9.10. The van der Waals surface area contributed by atoms with E-state index in [1.165, 1.54) is 0 Å². The van der Waals surface area contributed by atoms with Crippen molar-refractivity contribution in [3.05, 3.63) is 22.7 Å². The fourth-order valence-corrected chi connectivity index (χ4v) is 2.53. The van der Waals surface area contributed by atoms with Gasteiger partial charge in [-0.05, 0) is 52.9 Å². The topological polar surface area (TPSA) is 30.5 Å². The third-order valence-electron chi connectivity index (χ3n) is 3.09. The van der Waals surface area contributed by atoms with Gasteiger partial charge in [0.05, 0.1) is 11.6 Å². The van der Waals surface area contributed by atoms with Gasteiger partial charge in [-0.3, -0.25) is 0 Å². The maximum Gasteiger partial charge on any atom is 0.133 e. The minimum atomic E-state index is 0.727. The standard InChI is InChI=1S/C13H18BrNO2/c1-16-13-3-2-11(8-12(13)14)15-9-10-4-6-17-7-5-10/h2-3,8,10,15H,4-7,9H2,1H3. The molecule has 1 N–H and O–H groups in total. The van der Waals surface area contributed by atoms with Crippen LogP contribution >= 0.6 is 15.9 Å². The molecule has 0 atom stereocenters. The second kappa shape index (κ2) is 6.26. The van der Waals surface area contributed by atoms with E-state index in [0.29, 0.717) is 0 Å². The number of hydrogen-bond acceptors (Lipinski definition) is 3. The lowest BCUT2D eigenvalue weighted by Crippen LogP contribution is -2.22. The number of hydrogen-bond donors (Lipinski definition) is 1. The summed E-state index contributed by atoms with van der Waals surface area (Å²) >= 11 is 3.49. The number of ether oxygens (including phenoxy) is 2. The Kier molecular flexibility index (Phi) is 4.68. The van der Waals surface area contributed by atoms with Gasteiger partial charge < -0.3 is 14.8 Å². The average Bonchev–Trinajstić information content (AvgIpc) is 2.38. The molecule has 94 valence electrons. The average molecular weight is 300 g/mol. The molecule has 4 heteroatoms. The quantitative estimate of drug-likeness (QED) is 0.925. The molecule has 0 bridgehead atoms. The largest absolute Gasteiger partial charge is 0.496 e. The zero-order chi connectivity index (χ0) is 12.1. The summed E-state index contributed by atoms with van der Waals surface area (Å²) in [4.78, 5) is 0. The Morgan fingerprint density at radius 2 is 2.18 bits per heavy atom. The van der Waals surface area contributed by atoms with Gasteiger partial charge in [0.1, 0.15) is 5.75 Å². The Hall–Kier alpha value is -0.740. The second-order valence-corrected chi connectivity index (χ2v) is 5.14. The van der Waals surface area contributed by atoms with Crippen LogP contribution in [0.15, 0.2) is 22.7 Å². The van der Waals surface area contributed by atoms with Gasteiger partial charge in [-0.25, -0.2) is 0 Å². The molecule has 1 aliphatic rings. The van der Waals surface area contributed by atoms with Gasteiger partial charge in [-0.2, -0.15) is 0 Å². The van der Waals surface area contributed by atoms with Gasteiger partial charge in [0.2, 0.25) is 0 Å². The second-order valence-electron chi connectivity index (χ2n) is 4.29. The molecule has 1 saturated heterocycles. The summed E-state index contributed by atoms with van der Waals surface area (Å²) in [5.41, 5.74) is 1.13. The maximum absolute atomic E-state index is 5.35. The Bertz CT molecular complexity index is 364. The fourth-order valence-electron chi connectivity index (χ4n) is 1.99. The Labute approximate surface area is 111 Å². The van der Waals surface area contributed by atoms with Crippen molar-refractivity contribution in [2.24, 2.45) is 5.92 Å². The van der Waals surface area contributed by atoms with Crippen molar-refractivity contribution >= 4 is 21.6 Å². The van der Waals surface area contributed by atoms with E-state index in [9.17, 15) is 0 Å². The summed E-state index contributed by atoms with van der Waals surface area (Å²) in [6.07, 6.45) is 2.31. The van der Waals surface area contributed by atoms with Crippen LogP contribution in [0.4, 0.5) is 5.69 Å². The Morgan fingerprint density at radius 1 is 1.41 bits per heavy atom. The van der Waals surface area contributed by atoms with E-state index in [0.717, 1.165) is 54.4 Å². The molecule has 1 heterocycles. The van der Waals surface area contributed by atoms with Crippen LogP contribution in [0.2, 0.25) is 0 Å². The first-order chi connectivity index (χ1) is 8.29. The maximum atomic E-state index is 5.35. The Morgan fingerprint density at radius 3 is 2.82 bits per heavy atom. The van der Waals surface area contributed by atoms with Crippen LogP contribution in [0.3, 0.4) is 0 Å². The van der Waals surface area contributed by atoms with Crippen LogP contribution in [0.5, 0.6) is 5.75 Å². The minimum Gasteiger partial charge on any atom is -0.496 e. The van der Waals surface area contributed by atoms with Gasteiger partial charge in [-0.1, -0.05) is 0 Å². The van der Waals surface area contributed by atoms with E-state index < -0.39 is 0 Å². The summed E-state index contributed by atoms with van der Waals surface area (Å²) in [5.74, 6) is 1.59. The SMILES string of the molecule is COc1ccc(NCC2CCOCC2)cc1Br. The van der Waals surface area contributed by atoms with Crippen LogP contribution in [0.25, 0.3) is 0 Å². The highest BCUT2D eigenvalue weighted by Crippen LogP contribution is 2.28. The van der Waals surface area contributed by atoms with Gasteiger partial charge in [0, 0.05) is 25.4 Å². The molecule has 0 radical (unpaired) electrons. The normalized spacial score (nSPS) is 16.8. The lowest BCUT2D eigenvalue weighted by molar-refractivity contribution is 0.0699. The number of halogens is 1. The molecule has 17 heavy (non-hydrogen) atoms.